The van der Waals surface area contributed by atoms with Crippen molar-refractivity contribution in [2.24, 2.45) is 5.92 Å². The van der Waals surface area contributed by atoms with Crippen LogP contribution in [-0.2, 0) is 0 Å². The second-order valence-corrected chi connectivity index (χ2v) is 5.04. The number of rotatable bonds is 3. The Hall–Kier alpha value is -1.03. The van der Waals surface area contributed by atoms with Crippen LogP contribution < -0.4 is 5.32 Å². The lowest BCUT2D eigenvalue weighted by molar-refractivity contribution is 0.0943. The number of hydrogen-bond acceptors (Lipinski definition) is 2. The van der Waals surface area contributed by atoms with Crippen molar-refractivity contribution in [1.82, 2.24) is 5.32 Å². The molecular formula is C13H16FNOS. The molecule has 1 aliphatic carbocycles. The second-order valence-electron chi connectivity index (χ2n) is 4.52. The number of carbonyl (C=O) groups excluding carboxylic acids is 1. The number of halogens is 1. The number of thiol groups is 1. The van der Waals surface area contributed by atoms with Gasteiger partial charge in [0.25, 0.3) is 5.91 Å². The highest BCUT2D eigenvalue weighted by Crippen LogP contribution is 2.24. The van der Waals surface area contributed by atoms with E-state index in [2.05, 4.69) is 17.9 Å². The summed E-state index contributed by atoms with van der Waals surface area (Å²) >= 11 is 4.10. The van der Waals surface area contributed by atoms with Crippen LogP contribution in [-0.4, -0.2) is 12.5 Å². The van der Waals surface area contributed by atoms with Crippen LogP contribution >= 0.6 is 12.6 Å². The molecule has 1 fully saturated rings. The summed E-state index contributed by atoms with van der Waals surface area (Å²) in [6.45, 7) is 0.648. The summed E-state index contributed by atoms with van der Waals surface area (Å²) in [4.78, 5) is 12.4. The minimum atomic E-state index is -0.494. The van der Waals surface area contributed by atoms with E-state index in [1.165, 1.54) is 31.0 Å². The van der Waals surface area contributed by atoms with Crippen molar-refractivity contribution in [1.29, 1.82) is 0 Å². The van der Waals surface area contributed by atoms with Gasteiger partial charge >= 0.3 is 0 Å². The molecule has 1 aromatic carbocycles. The number of benzene rings is 1. The molecule has 0 aliphatic heterocycles. The normalized spacial score (nSPS) is 16.1. The lowest BCUT2D eigenvalue weighted by Crippen LogP contribution is -2.29. The van der Waals surface area contributed by atoms with E-state index in [1.54, 1.807) is 0 Å². The quantitative estimate of drug-likeness (QED) is 0.797. The summed E-state index contributed by atoms with van der Waals surface area (Å²) in [5.41, 5.74) is 0.0792. The van der Waals surface area contributed by atoms with Gasteiger partial charge in [0.1, 0.15) is 5.82 Å². The molecule has 0 bridgehead atoms. The number of amides is 1. The van der Waals surface area contributed by atoms with Gasteiger partial charge < -0.3 is 5.32 Å². The summed E-state index contributed by atoms with van der Waals surface area (Å²) in [6, 6.07) is 4.27. The Labute approximate surface area is 106 Å². The number of carbonyl (C=O) groups is 1. The zero-order chi connectivity index (χ0) is 12.3. The van der Waals surface area contributed by atoms with Crippen molar-refractivity contribution < 1.29 is 9.18 Å². The average molecular weight is 253 g/mol. The highest BCUT2D eigenvalue weighted by atomic mass is 32.1. The molecule has 2 nitrogen and oxygen atoms in total. The maximum absolute atomic E-state index is 13.4. The topological polar surface area (TPSA) is 29.1 Å². The molecule has 1 saturated carbocycles. The lowest BCUT2D eigenvalue weighted by atomic mass is 10.1. The Morgan fingerprint density at radius 2 is 2.12 bits per heavy atom. The van der Waals surface area contributed by atoms with Crippen molar-refractivity contribution in [3.63, 3.8) is 0 Å². The zero-order valence-electron chi connectivity index (χ0n) is 9.58. The standard InChI is InChI=1S/C13H16FNOS/c14-12-6-5-10(17)7-11(12)13(16)15-8-9-3-1-2-4-9/h5-7,9,17H,1-4,8H2,(H,15,16). The molecule has 0 radical (unpaired) electrons. The third-order valence-electron chi connectivity index (χ3n) is 3.22. The minimum absolute atomic E-state index is 0.0792. The van der Waals surface area contributed by atoms with Gasteiger partial charge in [-0.1, -0.05) is 12.8 Å². The molecule has 17 heavy (non-hydrogen) atoms. The maximum atomic E-state index is 13.4. The van der Waals surface area contributed by atoms with E-state index in [1.807, 2.05) is 0 Å². The lowest BCUT2D eigenvalue weighted by Gasteiger charge is -2.11. The summed E-state index contributed by atoms with van der Waals surface area (Å²) in [5, 5.41) is 2.80. The monoisotopic (exact) mass is 253 g/mol. The summed E-state index contributed by atoms with van der Waals surface area (Å²) in [7, 11) is 0. The van der Waals surface area contributed by atoms with E-state index in [0.29, 0.717) is 17.4 Å². The molecule has 1 aromatic rings. The van der Waals surface area contributed by atoms with Crippen molar-refractivity contribution in [3.05, 3.63) is 29.6 Å². The van der Waals surface area contributed by atoms with Crippen LogP contribution in [0.5, 0.6) is 0 Å². The third kappa shape index (κ3) is 3.22. The average Bonchev–Trinajstić information content (AvgIpc) is 2.82. The maximum Gasteiger partial charge on any atom is 0.254 e. The van der Waals surface area contributed by atoms with E-state index >= 15 is 0 Å². The minimum Gasteiger partial charge on any atom is -0.352 e. The highest BCUT2D eigenvalue weighted by Gasteiger charge is 2.17. The molecular weight excluding hydrogens is 237 g/mol. The van der Waals surface area contributed by atoms with Gasteiger partial charge in [0.2, 0.25) is 0 Å². The Balaban J connectivity index is 1.96. The van der Waals surface area contributed by atoms with Gasteiger partial charge in [0, 0.05) is 11.4 Å². The molecule has 0 aromatic heterocycles. The molecule has 0 atom stereocenters. The fraction of sp³-hybridized carbons (Fsp3) is 0.462. The molecule has 2 rings (SSSR count). The van der Waals surface area contributed by atoms with E-state index in [9.17, 15) is 9.18 Å². The van der Waals surface area contributed by atoms with Crippen molar-refractivity contribution >= 4 is 18.5 Å². The molecule has 92 valence electrons. The van der Waals surface area contributed by atoms with Crippen LogP contribution in [0.1, 0.15) is 36.0 Å². The van der Waals surface area contributed by atoms with E-state index in [4.69, 9.17) is 0 Å². The van der Waals surface area contributed by atoms with Crippen molar-refractivity contribution in [3.8, 4) is 0 Å². The van der Waals surface area contributed by atoms with Gasteiger partial charge in [-0.05, 0) is 37.0 Å². The van der Waals surface area contributed by atoms with Crippen LogP contribution in [0.4, 0.5) is 4.39 Å². The van der Waals surface area contributed by atoms with E-state index in [0.717, 1.165) is 12.8 Å². The molecule has 0 saturated heterocycles. The zero-order valence-corrected chi connectivity index (χ0v) is 10.5. The highest BCUT2D eigenvalue weighted by molar-refractivity contribution is 7.80. The fourth-order valence-electron chi connectivity index (χ4n) is 2.23. The fourth-order valence-corrected chi connectivity index (χ4v) is 2.44. The summed E-state index contributed by atoms with van der Waals surface area (Å²) < 4.78 is 13.4. The SMILES string of the molecule is O=C(NCC1CCCC1)c1cc(S)ccc1F. The van der Waals surface area contributed by atoms with Gasteiger partial charge in [0.05, 0.1) is 5.56 Å². The van der Waals surface area contributed by atoms with Gasteiger partial charge in [0.15, 0.2) is 0 Å². The Morgan fingerprint density at radius 3 is 2.82 bits per heavy atom. The Morgan fingerprint density at radius 1 is 1.41 bits per heavy atom. The predicted molar refractivity (Wildman–Crippen MR) is 67.9 cm³/mol. The van der Waals surface area contributed by atoms with Crippen molar-refractivity contribution in [2.45, 2.75) is 30.6 Å². The number of nitrogens with one attached hydrogen (secondary N) is 1. The molecule has 4 heteroatoms. The number of hydrogen-bond donors (Lipinski definition) is 2. The molecule has 0 spiro atoms. The second kappa shape index (κ2) is 5.54. The van der Waals surface area contributed by atoms with Crippen LogP contribution in [0, 0.1) is 11.7 Å². The van der Waals surface area contributed by atoms with Crippen molar-refractivity contribution in [2.75, 3.05) is 6.54 Å². The van der Waals surface area contributed by atoms with E-state index in [-0.39, 0.29) is 11.5 Å². The van der Waals surface area contributed by atoms with Gasteiger partial charge in [-0.25, -0.2) is 4.39 Å². The largest absolute Gasteiger partial charge is 0.352 e. The first kappa shape index (κ1) is 12.4. The molecule has 1 amide bonds. The Kier molecular flexibility index (Phi) is 4.05. The summed E-state index contributed by atoms with van der Waals surface area (Å²) in [5.74, 6) is -0.279. The van der Waals surface area contributed by atoms with Crippen LogP contribution in [0.2, 0.25) is 0 Å². The Bertz CT molecular complexity index is 416. The third-order valence-corrected chi connectivity index (χ3v) is 3.50. The first-order valence-electron chi connectivity index (χ1n) is 5.93. The first-order chi connectivity index (χ1) is 8.16. The molecule has 0 unspecified atom stereocenters. The molecule has 1 aliphatic rings. The van der Waals surface area contributed by atoms with Gasteiger partial charge in [-0.2, -0.15) is 0 Å². The molecule has 0 heterocycles. The van der Waals surface area contributed by atoms with Crippen LogP contribution in [0.3, 0.4) is 0 Å². The van der Waals surface area contributed by atoms with Crippen LogP contribution in [0.15, 0.2) is 23.1 Å². The van der Waals surface area contributed by atoms with Crippen LogP contribution in [0.25, 0.3) is 0 Å². The van der Waals surface area contributed by atoms with E-state index < -0.39 is 5.82 Å². The van der Waals surface area contributed by atoms with Gasteiger partial charge in [-0.15, -0.1) is 12.6 Å². The molecule has 1 N–H and O–H groups in total. The first-order valence-corrected chi connectivity index (χ1v) is 6.38. The predicted octanol–water partition coefficient (Wildman–Crippen LogP) is 3.03. The smallest absolute Gasteiger partial charge is 0.254 e. The summed E-state index contributed by atoms with van der Waals surface area (Å²) in [6.07, 6.45) is 4.80. The van der Waals surface area contributed by atoms with Gasteiger partial charge in [-0.3, -0.25) is 4.79 Å².